The Kier molecular flexibility index (Phi) is 6.08. The Morgan fingerprint density at radius 2 is 2.12 bits per heavy atom. The van der Waals surface area contributed by atoms with Crippen LogP contribution < -0.4 is 11.1 Å². The molecule has 4 aliphatic rings. The van der Waals surface area contributed by atoms with Gasteiger partial charge in [0.25, 0.3) is 0 Å². The minimum Gasteiger partial charge on any atom is -0.477 e. The number of nitrogens with zero attached hydrogens (tertiary/aromatic N) is 1. The molecule has 2 amide bonds. The summed E-state index contributed by atoms with van der Waals surface area (Å²) in [6.45, 7) is 4.07. The van der Waals surface area contributed by atoms with Crippen molar-refractivity contribution in [3.63, 3.8) is 0 Å². The molecule has 5 atom stereocenters. The summed E-state index contributed by atoms with van der Waals surface area (Å²) in [5, 5.41) is 11.3. The largest absolute Gasteiger partial charge is 0.477 e. The molecule has 0 radical (unpaired) electrons. The van der Waals surface area contributed by atoms with E-state index in [1.165, 1.54) is 6.08 Å². The van der Waals surface area contributed by atoms with Gasteiger partial charge >= 0.3 is 12.1 Å². The van der Waals surface area contributed by atoms with Crippen molar-refractivity contribution in [3.8, 4) is 0 Å². The fourth-order valence-electron chi connectivity index (χ4n) is 4.19. The van der Waals surface area contributed by atoms with Gasteiger partial charge in [-0.1, -0.05) is 6.08 Å². The molecule has 174 valence electrons. The predicted octanol–water partition coefficient (Wildman–Crippen LogP) is 0.970. The Bertz CT molecular complexity index is 911. The standard InChI is InChI=1S/C21H27N3O7S/c1-10(11-5-6-11)31-20(29)23-15(12-4-3-7-30-9-12)16(25)14-17(26)24-13(19(27)28)8-21(2,22)32-18(14)24/h4,8,10-11,14-15,18H,3,5-7,9,22H2,1-2H3,(H,23,29)(H,27,28)/t10?,14?,15?,18-,21?/m1/s1. The number of alkyl carbamates (subject to hydrolysis) is 1. The number of hydrogen-bond acceptors (Lipinski definition) is 8. The van der Waals surface area contributed by atoms with E-state index in [9.17, 15) is 24.3 Å². The summed E-state index contributed by atoms with van der Waals surface area (Å²) >= 11 is 1.13. The monoisotopic (exact) mass is 465 g/mol. The van der Waals surface area contributed by atoms with E-state index in [1.54, 1.807) is 6.92 Å². The second kappa shape index (κ2) is 8.53. The highest BCUT2D eigenvalue weighted by Gasteiger charge is 2.59. The van der Waals surface area contributed by atoms with Gasteiger partial charge in [0.1, 0.15) is 29.1 Å². The zero-order chi connectivity index (χ0) is 23.2. The number of ether oxygens (including phenoxy) is 2. The lowest BCUT2D eigenvalue weighted by Crippen LogP contribution is -2.68. The Morgan fingerprint density at radius 3 is 2.72 bits per heavy atom. The van der Waals surface area contributed by atoms with Gasteiger partial charge in [0, 0.05) is 0 Å². The topological polar surface area (TPSA) is 148 Å². The number of carboxylic acid groups (broad SMARTS) is 1. The lowest BCUT2D eigenvalue weighted by molar-refractivity contribution is -0.157. The molecule has 10 nitrogen and oxygen atoms in total. The maximum absolute atomic E-state index is 13.5. The van der Waals surface area contributed by atoms with Crippen molar-refractivity contribution < 1.29 is 33.8 Å². The zero-order valence-corrected chi connectivity index (χ0v) is 18.7. The Labute approximate surface area is 189 Å². The third-order valence-electron chi connectivity index (χ3n) is 6.06. The van der Waals surface area contributed by atoms with Gasteiger partial charge in [0.05, 0.1) is 18.1 Å². The molecule has 0 spiro atoms. The summed E-state index contributed by atoms with van der Waals surface area (Å²) in [6, 6.07) is -1.10. The second-order valence-corrected chi connectivity index (χ2v) is 10.4. The third kappa shape index (κ3) is 4.41. The van der Waals surface area contributed by atoms with Crippen LogP contribution in [-0.4, -0.2) is 69.4 Å². The Balaban J connectivity index is 1.55. The number of fused-ring (bicyclic) bond motifs is 1. The number of rotatable bonds is 7. The van der Waals surface area contributed by atoms with Crippen molar-refractivity contribution in [2.75, 3.05) is 13.2 Å². The number of carbonyl (C=O) groups is 4. The van der Waals surface area contributed by atoms with Crippen LogP contribution in [0.15, 0.2) is 23.4 Å². The molecule has 4 rings (SSSR count). The molecule has 1 saturated heterocycles. The number of Topliss-reactive ketones (excluding diaryl/α,β-unsaturated/α-hetero) is 1. The highest BCUT2D eigenvalue weighted by molar-refractivity contribution is 8.01. The number of carboxylic acids is 1. The Hall–Kier alpha value is -2.37. The van der Waals surface area contributed by atoms with Crippen LogP contribution in [0.2, 0.25) is 0 Å². The van der Waals surface area contributed by atoms with Crippen LogP contribution in [0.1, 0.15) is 33.1 Å². The highest BCUT2D eigenvalue weighted by atomic mass is 32.2. The first-order valence-electron chi connectivity index (χ1n) is 10.6. The molecule has 3 heterocycles. The summed E-state index contributed by atoms with van der Waals surface area (Å²) < 4.78 is 10.9. The van der Waals surface area contributed by atoms with Crippen molar-refractivity contribution in [3.05, 3.63) is 23.4 Å². The molecule has 0 aromatic rings. The van der Waals surface area contributed by atoms with Crippen LogP contribution in [0.3, 0.4) is 0 Å². The fourth-order valence-corrected chi connectivity index (χ4v) is 5.60. The first-order valence-corrected chi connectivity index (χ1v) is 11.5. The zero-order valence-electron chi connectivity index (χ0n) is 17.9. The van der Waals surface area contributed by atoms with E-state index in [4.69, 9.17) is 15.2 Å². The van der Waals surface area contributed by atoms with E-state index in [0.717, 1.165) is 29.5 Å². The summed E-state index contributed by atoms with van der Waals surface area (Å²) in [7, 11) is 0. The van der Waals surface area contributed by atoms with E-state index in [1.807, 2.05) is 13.0 Å². The molecular formula is C21H27N3O7S. The van der Waals surface area contributed by atoms with Crippen LogP contribution in [0.4, 0.5) is 4.79 Å². The van der Waals surface area contributed by atoms with E-state index in [-0.39, 0.29) is 18.4 Å². The van der Waals surface area contributed by atoms with E-state index < -0.39 is 46.0 Å². The average Bonchev–Trinajstić information content (AvgIpc) is 3.56. The molecule has 0 aromatic heterocycles. The number of carbonyl (C=O) groups excluding carboxylic acids is 3. The molecule has 4 N–H and O–H groups in total. The fraction of sp³-hybridized carbons (Fsp3) is 0.619. The number of nitrogens with two attached hydrogens (primary N) is 1. The molecule has 0 aromatic carbocycles. The average molecular weight is 466 g/mol. The van der Waals surface area contributed by atoms with E-state index in [2.05, 4.69) is 5.32 Å². The van der Waals surface area contributed by atoms with Gasteiger partial charge in [-0.05, 0) is 50.7 Å². The number of thioether (sulfide) groups is 1. The molecular weight excluding hydrogens is 438 g/mol. The first kappa shape index (κ1) is 22.8. The molecule has 3 aliphatic heterocycles. The van der Waals surface area contributed by atoms with Gasteiger partial charge in [0.2, 0.25) is 5.91 Å². The van der Waals surface area contributed by atoms with Crippen LogP contribution in [0.25, 0.3) is 0 Å². The first-order chi connectivity index (χ1) is 15.1. The number of β-lactam (4-membered cyclic amide) rings is 1. The number of nitrogens with one attached hydrogen (secondary N) is 1. The van der Waals surface area contributed by atoms with E-state index >= 15 is 0 Å². The van der Waals surface area contributed by atoms with Gasteiger partial charge in [-0.15, -0.1) is 11.8 Å². The van der Waals surface area contributed by atoms with Gasteiger partial charge in [-0.2, -0.15) is 0 Å². The normalized spacial score (nSPS) is 31.3. The van der Waals surface area contributed by atoms with Gasteiger partial charge in [0.15, 0.2) is 5.78 Å². The maximum atomic E-state index is 13.5. The number of aliphatic carboxylic acids is 1. The van der Waals surface area contributed by atoms with Crippen LogP contribution in [0, 0.1) is 11.8 Å². The number of ketones is 1. The van der Waals surface area contributed by atoms with Crippen LogP contribution >= 0.6 is 11.8 Å². The second-order valence-electron chi connectivity index (χ2n) is 8.76. The lowest BCUT2D eigenvalue weighted by atomic mass is 9.85. The highest BCUT2D eigenvalue weighted by Crippen LogP contribution is 2.47. The molecule has 32 heavy (non-hydrogen) atoms. The summed E-state index contributed by atoms with van der Waals surface area (Å²) in [5.41, 5.74) is 6.45. The molecule has 4 unspecified atom stereocenters. The van der Waals surface area contributed by atoms with Gasteiger partial charge in [-0.25, -0.2) is 9.59 Å². The third-order valence-corrected chi connectivity index (χ3v) is 7.41. The minimum absolute atomic E-state index is 0.145. The Morgan fingerprint density at radius 1 is 1.41 bits per heavy atom. The van der Waals surface area contributed by atoms with Crippen LogP contribution in [0.5, 0.6) is 0 Å². The molecule has 1 saturated carbocycles. The number of amides is 2. The molecule has 1 aliphatic carbocycles. The van der Waals surface area contributed by atoms with E-state index in [0.29, 0.717) is 24.5 Å². The predicted molar refractivity (Wildman–Crippen MR) is 114 cm³/mol. The van der Waals surface area contributed by atoms with Gasteiger partial charge in [-0.3, -0.25) is 14.5 Å². The van der Waals surface area contributed by atoms with Gasteiger partial charge < -0.3 is 25.6 Å². The summed E-state index contributed by atoms with van der Waals surface area (Å²) in [6.07, 6.45) is 4.70. The van der Waals surface area contributed by atoms with Crippen LogP contribution in [-0.2, 0) is 23.9 Å². The smallest absolute Gasteiger partial charge is 0.408 e. The number of hydrogen-bond donors (Lipinski definition) is 3. The maximum Gasteiger partial charge on any atom is 0.408 e. The molecule has 0 bridgehead atoms. The van der Waals surface area contributed by atoms with Crippen molar-refractivity contribution >= 4 is 35.5 Å². The minimum atomic E-state index is -1.29. The molecule has 2 fully saturated rings. The molecule has 11 heteroatoms. The quantitative estimate of drug-likeness (QED) is 0.284. The van der Waals surface area contributed by atoms with Crippen molar-refractivity contribution in [1.29, 1.82) is 0 Å². The van der Waals surface area contributed by atoms with Crippen molar-refractivity contribution in [2.24, 2.45) is 17.6 Å². The van der Waals surface area contributed by atoms with Crippen molar-refractivity contribution in [1.82, 2.24) is 10.2 Å². The summed E-state index contributed by atoms with van der Waals surface area (Å²) in [4.78, 5) is 50.5. The summed E-state index contributed by atoms with van der Waals surface area (Å²) in [5.74, 6) is -3.25. The van der Waals surface area contributed by atoms with Crippen molar-refractivity contribution in [2.45, 2.75) is 55.5 Å². The SMILES string of the molecule is CC(OC(=O)NC(C(=O)C1C(=O)N2C(C(=O)O)=CC(C)(N)S[C@H]12)C1=CCCOC1)C1CC1. The lowest BCUT2D eigenvalue weighted by Gasteiger charge is -2.51.